The maximum atomic E-state index is 14.7. The van der Waals surface area contributed by atoms with Crippen molar-refractivity contribution in [2.24, 2.45) is 17.0 Å². The third-order valence-electron chi connectivity index (χ3n) is 7.19. The van der Waals surface area contributed by atoms with E-state index < -0.39 is 22.8 Å². The van der Waals surface area contributed by atoms with Gasteiger partial charge in [0.2, 0.25) is 5.13 Å². The van der Waals surface area contributed by atoms with Crippen molar-refractivity contribution < 1.29 is 22.9 Å². The summed E-state index contributed by atoms with van der Waals surface area (Å²) >= 11 is 1.18. The van der Waals surface area contributed by atoms with Gasteiger partial charge in [0.15, 0.2) is 5.69 Å². The van der Waals surface area contributed by atoms with Crippen molar-refractivity contribution in [1.82, 2.24) is 14.8 Å². The van der Waals surface area contributed by atoms with E-state index in [-0.39, 0.29) is 16.4 Å². The van der Waals surface area contributed by atoms with E-state index in [1.165, 1.54) is 34.9 Å². The van der Waals surface area contributed by atoms with Gasteiger partial charge in [0.25, 0.3) is 0 Å². The topological polar surface area (TPSA) is 111 Å². The van der Waals surface area contributed by atoms with E-state index in [4.69, 9.17) is 10.2 Å². The molecule has 3 N–H and O–H groups in total. The van der Waals surface area contributed by atoms with Crippen molar-refractivity contribution in [3.63, 3.8) is 0 Å². The Hall–Kier alpha value is -3.54. The highest BCUT2D eigenvalue weighted by atomic mass is 32.2. The molecule has 2 aromatic carbocycles. The lowest BCUT2D eigenvalue weighted by atomic mass is 9.96. The van der Waals surface area contributed by atoms with Gasteiger partial charge in [-0.15, -0.1) is 11.3 Å². The summed E-state index contributed by atoms with van der Waals surface area (Å²) < 4.78 is 42.8. The van der Waals surface area contributed by atoms with Crippen molar-refractivity contribution in [3.8, 4) is 16.4 Å². The highest BCUT2D eigenvalue weighted by Crippen LogP contribution is 2.39. The van der Waals surface area contributed by atoms with Crippen LogP contribution < -0.4 is 5.14 Å². The summed E-state index contributed by atoms with van der Waals surface area (Å²) in [5, 5.41) is 21.6. The Balaban J connectivity index is 1.50. The number of aromatic nitrogens is 3. The van der Waals surface area contributed by atoms with Crippen LogP contribution in [0.1, 0.15) is 58.6 Å². The van der Waals surface area contributed by atoms with Gasteiger partial charge in [0.1, 0.15) is 22.6 Å². The molecule has 0 radical (unpaired) electrons. The number of allylic oxidation sites excluding steroid dienone is 1. The summed E-state index contributed by atoms with van der Waals surface area (Å²) in [7, 11) is -1.95. The van der Waals surface area contributed by atoms with Crippen LogP contribution in [0.3, 0.4) is 0 Å². The quantitative estimate of drug-likeness (QED) is 0.242. The number of carboxylic acids is 1. The lowest BCUT2D eigenvalue weighted by Crippen LogP contribution is -2.07. The second-order valence-corrected chi connectivity index (χ2v) is 12.2. The maximum Gasteiger partial charge on any atom is 0.355 e. The van der Waals surface area contributed by atoms with Crippen molar-refractivity contribution in [2.75, 3.05) is 0 Å². The average Bonchev–Trinajstić information content (AvgIpc) is 3.84. The molecule has 1 unspecified atom stereocenters. The number of nitrogens with two attached hydrogens (primary N) is 1. The van der Waals surface area contributed by atoms with Crippen LogP contribution in [-0.4, -0.2) is 30.0 Å². The molecule has 2 aliphatic rings. The zero-order chi connectivity index (χ0) is 28.0. The van der Waals surface area contributed by atoms with E-state index in [0.717, 1.165) is 36.9 Å². The number of nitrogens with zero attached hydrogens (tertiary/aromatic N) is 3. The lowest BCUT2D eigenvalue weighted by molar-refractivity contribution is 0.0691. The van der Waals surface area contributed by atoms with E-state index in [0.29, 0.717) is 52.2 Å². The summed E-state index contributed by atoms with van der Waals surface area (Å²) in [4.78, 5) is 15.8. The highest BCUT2D eigenvalue weighted by molar-refractivity contribution is 7.82. The van der Waals surface area contributed by atoms with E-state index in [9.17, 15) is 22.9 Å². The molecule has 4 aromatic rings. The molecule has 2 heterocycles. The molecule has 0 amide bonds. The number of hydrogen-bond acceptors (Lipinski definition) is 5. The summed E-state index contributed by atoms with van der Waals surface area (Å²) in [5.74, 6) is -1.19. The monoisotopic (exact) mass is 580 g/mol. The minimum absolute atomic E-state index is 0.0716. The molecule has 0 aliphatic heterocycles. The van der Waals surface area contributed by atoms with Gasteiger partial charge in [0.05, 0.1) is 16.3 Å². The predicted molar refractivity (Wildman–Crippen MR) is 150 cm³/mol. The number of carbonyl (C=O) groups is 1. The first-order chi connectivity index (χ1) is 19.3. The summed E-state index contributed by atoms with van der Waals surface area (Å²) in [6, 6.07) is 9.28. The van der Waals surface area contributed by atoms with Crippen molar-refractivity contribution in [3.05, 3.63) is 87.6 Å². The predicted octanol–water partition coefficient (Wildman–Crippen LogP) is 5.92. The second-order valence-electron chi connectivity index (χ2n) is 10.3. The van der Waals surface area contributed by atoms with E-state index in [1.54, 1.807) is 29.0 Å². The van der Waals surface area contributed by atoms with Crippen LogP contribution in [-0.2, 0) is 23.8 Å². The normalized spacial score (nSPS) is 16.1. The first-order valence-electron chi connectivity index (χ1n) is 13.0. The Kier molecular flexibility index (Phi) is 7.20. The minimum Gasteiger partial charge on any atom is -0.476 e. The molecule has 2 fully saturated rings. The first-order valence-corrected chi connectivity index (χ1v) is 15.1. The van der Waals surface area contributed by atoms with Crippen LogP contribution in [0.2, 0.25) is 0 Å². The van der Waals surface area contributed by atoms with Crippen LogP contribution >= 0.6 is 11.3 Å². The van der Waals surface area contributed by atoms with Crippen LogP contribution in [0.15, 0.2) is 52.7 Å². The number of thiazole rings is 1. The summed E-state index contributed by atoms with van der Waals surface area (Å²) in [6.07, 6.45) is 9.16. The average molecular weight is 581 g/mol. The van der Waals surface area contributed by atoms with E-state index >= 15 is 0 Å². The van der Waals surface area contributed by atoms with Crippen LogP contribution in [0.5, 0.6) is 0 Å². The van der Waals surface area contributed by atoms with Crippen LogP contribution in [0, 0.1) is 23.5 Å². The Morgan fingerprint density at radius 1 is 1.15 bits per heavy atom. The molecule has 40 heavy (non-hydrogen) atoms. The van der Waals surface area contributed by atoms with Gasteiger partial charge >= 0.3 is 5.97 Å². The fourth-order valence-electron chi connectivity index (χ4n) is 4.69. The standard InChI is InChI=1S/C29H26F2N4O3S2/c30-22-9-8-20(14-19(22)7-5-16-1-2-16)27-21(11-18-6-10-26(40(32)38)23(31)12-18)25(13-17-3-4-17)35(34-27)29-33-24(15-39-29)28(36)37/h5-10,12,14-17H,1-4,11,13,32H2,(H,36,37)/b7-5+. The van der Waals surface area contributed by atoms with Gasteiger partial charge < -0.3 is 5.11 Å². The van der Waals surface area contributed by atoms with Gasteiger partial charge in [-0.25, -0.2) is 32.6 Å². The zero-order valence-corrected chi connectivity index (χ0v) is 23.0. The minimum atomic E-state index is -1.95. The number of aromatic carboxylic acids is 1. The molecule has 0 saturated heterocycles. The number of rotatable bonds is 10. The molecule has 2 aromatic heterocycles. The molecule has 2 saturated carbocycles. The Labute approximate surface area is 236 Å². The molecule has 0 spiro atoms. The molecule has 7 nitrogen and oxygen atoms in total. The smallest absolute Gasteiger partial charge is 0.355 e. The Morgan fingerprint density at radius 3 is 2.60 bits per heavy atom. The van der Waals surface area contributed by atoms with E-state index in [2.05, 4.69) is 4.98 Å². The molecule has 1 atom stereocenters. The first kappa shape index (κ1) is 26.7. The van der Waals surface area contributed by atoms with Gasteiger partial charge in [-0.05, 0) is 79.8 Å². The second kappa shape index (κ2) is 10.8. The van der Waals surface area contributed by atoms with Gasteiger partial charge in [-0.2, -0.15) is 5.10 Å². The molecular formula is C29H26F2N4O3S2. The molecular weight excluding hydrogens is 554 g/mol. The molecule has 0 bridgehead atoms. The number of hydrogen-bond donors (Lipinski definition) is 2. The van der Waals surface area contributed by atoms with Crippen molar-refractivity contribution in [2.45, 2.75) is 43.4 Å². The van der Waals surface area contributed by atoms with Crippen LogP contribution in [0.25, 0.3) is 22.5 Å². The SMILES string of the molecule is NS(=O)c1ccc(Cc2c(-c3ccc(F)c(/C=C/C4CC4)c3)nn(-c3nc(C(=O)O)cs3)c2CC2CC2)cc1F. The van der Waals surface area contributed by atoms with Crippen molar-refractivity contribution in [1.29, 1.82) is 0 Å². The molecule has 2 aliphatic carbocycles. The lowest BCUT2D eigenvalue weighted by Gasteiger charge is -2.10. The zero-order valence-electron chi connectivity index (χ0n) is 21.3. The highest BCUT2D eigenvalue weighted by Gasteiger charge is 2.29. The number of carboxylic acid groups (broad SMARTS) is 1. The third kappa shape index (κ3) is 5.67. The number of halogens is 2. The fraction of sp³-hybridized carbons (Fsp3) is 0.276. The molecule has 206 valence electrons. The third-order valence-corrected chi connectivity index (χ3v) is 8.78. The van der Waals surface area contributed by atoms with E-state index in [1.807, 2.05) is 6.08 Å². The van der Waals surface area contributed by atoms with Crippen molar-refractivity contribution >= 4 is 34.4 Å². The Bertz CT molecular complexity index is 1670. The largest absolute Gasteiger partial charge is 0.476 e. The van der Waals surface area contributed by atoms with Gasteiger partial charge in [-0.3, -0.25) is 0 Å². The summed E-state index contributed by atoms with van der Waals surface area (Å²) in [5.41, 5.74) is 3.98. The maximum absolute atomic E-state index is 14.7. The molecule has 11 heteroatoms. The van der Waals surface area contributed by atoms with Gasteiger partial charge in [-0.1, -0.05) is 18.2 Å². The van der Waals surface area contributed by atoms with Gasteiger partial charge in [0, 0.05) is 28.5 Å². The summed E-state index contributed by atoms with van der Waals surface area (Å²) in [6.45, 7) is 0. The fourth-order valence-corrected chi connectivity index (χ4v) is 5.92. The molecule has 6 rings (SSSR count). The van der Waals surface area contributed by atoms with Crippen LogP contribution in [0.4, 0.5) is 8.78 Å². The number of benzene rings is 2. The Morgan fingerprint density at radius 2 is 1.95 bits per heavy atom.